The monoisotopic (exact) mass is 178 g/mol. The molecular formula is C10H14N2O. The number of allylic oxidation sites excluding steroid dienone is 2. The topological polar surface area (TPSA) is 38.9 Å². The first-order chi connectivity index (χ1) is 6.27. The van der Waals surface area contributed by atoms with E-state index in [0.29, 0.717) is 11.8 Å². The summed E-state index contributed by atoms with van der Waals surface area (Å²) >= 11 is 0. The lowest BCUT2D eigenvalue weighted by molar-refractivity contribution is 0.407. The molecule has 1 aromatic heterocycles. The zero-order valence-corrected chi connectivity index (χ0v) is 8.03. The van der Waals surface area contributed by atoms with Crippen molar-refractivity contribution in [2.45, 2.75) is 38.5 Å². The van der Waals surface area contributed by atoms with Gasteiger partial charge in [-0.2, -0.15) is 0 Å². The third-order valence-electron chi connectivity index (χ3n) is 2.31. The van der Waals surface area contributed by atoms with Gasteiger partial charge < -0.3 is 4.42 Å². The van der Waals surface area contributed by atoms with E-state index in [4.69, 9.17) is 4.42 Å². The van der Waals surface area contributed by atoms with E-state index >= 15 is 0 Å². The zero-order valence-electron chi connectivity index (χ0n) is 8.03. The van der Waals surface area contributed by atoms with Crippen LogP contribution in [0.3, 0.4) is 0 Å². The van der Waals surface area contributed by atoms with E-state index in [9.17, 15) is 0 Å². The molecule has 1 aliphatic carbocycles. The molecule has 0 radical (unpaired) electrons. The Morgan fingerprint density at radius 3 is 2.54 bits per heavy atom. The maximum Gasteiger partial charge on any atom is 0.220 e. The molecule has 0 aliphatic heterocycles. The molecule has 0 atom stereocenters. The van der Waals surface area contributed by atoms with Crippen LogP contribution in [0.15, 0.2) is 16.6 Å². The van der Waals surface area contributed by atoms with Gasteiger partial charge >= 0.3 is 0 Å². The molecule has 1 aliphatic rings. The number of hydrogen-bond acceptors (Lipinski definition) is 3. The molecular weight excluding hydrogens is 164 g/mol. The number of aromatic nitrogens is 2. The van der Waals surface area contributed by atoms with Gasteiger partial charge in [0.25, 0.3) is 0 Å². The summed E-state index contributed by atoms with van der Waals surface area (Å²) in [7, 11) is 0. The van der Waals surface area contributed by atoms with E-state index in [2.05, 4.69) is 36.2 Å². The van der Waals surface area contributed by atoms with Crippen LogP contribution in [-0.4, -0.2) is 10.2 Å². The first-order valence-electron chi connectivity index (χ1n) is 4.75. The second kappa shape index (κ2) is 3.32. The second-order valence-electron chi connectivity index (χ2n) is 3.77. The minimum absolute atomic E-state index is 0.329. The largest absolute Gasteiger partial charge is 0.425 e. The quantitative estimate of drug-likeness (QED) is 0.653. The third kappa shape index (κ3) is 1.64. The highest BCUT2D eigenvalue weighted by molar-refractivity contribution is 5.06. The molecule has 3 nitrogen and oxygen atoms in total. The van der Waals surface area contributed by atoms with E-state index in [1.54, 1.807) is 0 Å². The predicted octanol–water partition coefficient (Wildman–Crippen LogP) is 2.63. The molecule has 1 aromatic rings. The predicted molar refractivity (Wildman–Crippen MR) is 49.5 cm³/mol. The molecule has 0 aromatic carbocycles. The number of hydrogen-bond donors (Lipinski definition) is 0. The van der Waals surface area contributed by atoms with Crippen molar-refractivity contribution in [3.63, 3.8) is 0 Å². The van der Waals surface area contributed by atoms with Gasteiger partial charge in [0.15, 0.2) is 0 Å². The molecule has 13 heavy (non-hydrogen) atoms. The van der Waals surface area contributed by atoms with Crippen molar-refractivity contribution in [2.24, 2.45) is 0 Å². The van der Waals surface area contributed by atoms with Crippen LogP contribution in [0.1, 0.15) is 50.3 Å². The lowest BCUT2D eigenvalue weighted by atomic mass is 10.1. The van der Waals surface area contributed by atoms with Gasteiger partial charge in [0.05, 0.1) is 0 Å². The highest BCUT2D eigenvalue weighted by atomic mass is 16.4. The molecule has 0 unspecified atom stereocenters. The average molecular weight is 178 g/mol. The summed E-state index contributed by atoms with van der Waals surface area (Å²) in [4.78, 5) is 0. The van der Waals surface area contributed by atoms with Crippen LogP contribution in [0, 0.1) is 0 Å². The number of nitrogens with zero attached hydrogens (tertiary/aromatic N) is 2. The summed E-state index contributed by atoms with van der Waals surface area (Å²) in [5.41, 5.74) is 0. The SMILES string of the molecule is CC(C)c1nnc(C2CC=CC2)o1. The third-order valence-corrected chi connectivity index (χ3v) is 2.31. The lowest BCUT2D eigenvalue weighted by Gasteiger charge is -2.01. The molecule has 0 saturated heterocycles. The average Bonchev–Trinajstić information content (AvgIpc) is 2.75. The summed E-state index contributed by atoms with van der Waals surface area (Å²) in [6.45, 7) is 4.12. The Kier molecular flexibility index (Phi) is 2.17. The summed E-state index contributed by atoms with van der Waals surface area (Å²) < 4.78 is 5.57. The number of rotatable bonds is 2. The van der Waals surface area contributed by atoms with Crippen LogP contribution in [0.4, 0.5) is 0 Å². The Hall–Kier alpha value is -1.12. The summed E-state index contributed by atoms with van der Waals surface area (Å²) in [6, 6.07) is 0. The Morgan fingerprint density at radius 1 is 1.31 bits per heavy atom. The highest BCUT2D eigenvalue weighted by Gasteiger charge is 2.20. The van der Waals surface area contributed by atoms with Crippen LogP contribution >= 0.6 is 0 Å². The molecule has 1 heterocycles. The molecule has 0 N–H and O–H groups in total. The standard InChI is InChI=1S/C10H14N2O/c1-7(2)9-11-12-10(13-9)8-5-3-4-6-8/h3-4,7-8H,5-6H2,1-2H3. The van der Waals surface area contributed by atoms with Crippen LogP contribution in [0.25, 0.3) is 0 Å². The molecule has 70 valence electrons. The van der Waals surface area contributed by atoms with E-state index in [1.807, 2.05) is 0 Å². The van der Waals surface area contributed by atoms with Gasteiger partial charge in [-0.25, -0.2) is 0 Å². The molecule has 0 fully saturated rings. The van der Waals surface area contributed by atoms with Crippen LogP contribution in [-0.2, 0) is 0 Å². The van der Waals surface area contributed by atoms with Gasteiger partial charge in [-0.1, -0.05) is 26.0 Å². The Morgan fingerprint density at radius 2 is 2.00 bits per heavy atom. The minimum Gasteiger partial charge on any atom is -0.425 e. The summed E-state index contributed by atoms with van der Waals surface area (Å²) in [5.74, 6) is 2.31. The van der Waals surface area contributed by atoms with Gasteiger partial charge in [0, 0.05) is 11.8 Å². The molecule has 0 spiro atoms. The van der Waals surface area contributed by atoms with E-state index in [0.717, 1.165) is 24.6 Å². The fourth-order valence-electron chi connectivity index (χ4n) is 1.46. The molecule has 2 rings (SSSR count). The van der Waals surface area contributed by atoms with Gasteiger partial charge in [0.1, 0.15) is 0 Å². The van der Waals surface area contributed by atoms with E-state index in [-0.39, 0.29) is 0 Å². The Bertz CT molecular complexity index is 306. The first-order valence-corrected chi connectivity index (χ1v) is 4.75. The fourth-order valence-corrected chi connectivity index (χ4v) is 1.46. The summed E-state index contributed by atoms with van der Waals surface area (Å²) in [5, 5.41) is 8.08. The maximum atomic E-state index is 5.57. The Balaban J connectivity index is 2.13. The van der Waals surface area contributed by atoms with Crippen LogP contribution in [0.5, 0.6) is 0 Å². The van der Waals surface area contributed by atoms with E-state index in [1.165, 1.54) is 0 Å². The van der Waals surface area contributed by atoms with Gasteiger partial charge in [-0.15, -0.1) is 10.2 Å². The van der Waals surface area contributed by atoms with Crippen molar-refractivity contribution in [1.82, 2.24) is 10.2 Å². The smallest absolute Gasteiger partial charge is 0.220 e. The lowest BCUT2D eigenvalue weighted by Crippen LogP contribution is -1.92. The maximum absolute atomic E-state index is 5.57. The molecule has 0 bridgehead atoms. The summed E-state index contributed by atoms with van der Waals surface area (Å²) in [6.07, 6.45) is 6.42. The van der Waals surface area contributed by atoms with Crippen molar-refractivity contribution in [3.05, 3.63) is 23.9 Å². The highest BCUT2D eigenvalue weighted by Crippen LogP contribution is 2.29. The van der Waals surface area contributed by atoms with Crippen molar-refractivity contribution < 1.29 is 4.42 Å². The molecule has 0 amide bonds. The van der Waals surface area contributed by atoms with Crippen molar-refractivity contribution in [3.8, 4) is 0 Å². The normalized spacial score (nSPS) is 17.5. The minimum atomic E-state index is 0.329. The van der Waals surface area contributed by atoms with Crippen molar-refractivity contribution in [1.29, 1.82) is 0 Å². The van der Waals surface area contributed by atoms with Gasteiger partial charge in [-0.3, -0.25) is 0 Å². The Labute approximate surface area is 77.9 Å². The molecule has 3 heteroatoms. The van der Waals surface area contributed by atoms with Crippen LogP contribution in [0.2, 0.25) is 0 Å². The van der Waals surface area contributed by atoms with E-state index < -0.39 is 0 Å². The van der Waals surface area contributed by atoms with Crippen LogP contribution < -0.4 is 0 Å². The first kappa shape index (κ1) is 8.48. The van der Waals surface area contributed by atoms with Crippen molar-refractivity contribution in [2.75, 3.05) is 0 Å². The second-order valence-corrected chi connectivity index (χ2v) is 3.77. The zero-order chi connectivity index (χ0) is 9.26. The van der Waals surface area contributed by atoms with Gasteiger partial charge in [-0.05, 0) is 12.8 Å². The molecule has 0 saturated carbocycles. The fraction of sp³-hybridized carbons (Fsp3) is 0.600. The van der Waals surface area contributed by atoms with Gasteiger partial charge in [0.2, 0.25) is 11.8 Å². The van der Waals surface area contributed by atoms with Crippen molar-refractivity contribution >= 4 is 0 Å².